The van der Waals surface area contributed by atoms with E-state index >= 15 is 0 Å². The number of likely N-dealkylation sites (tertiary alicyclic amines) is 1. The average molecular weight is 249 g/mol. The first-order chi connectivity index (χ1) is 6.18. The van der Waals surface area contributed by atoms with Crippen LogP contribution in [0.5, 0.6) is 0 Å². The molecular formula is C10H21BrN2. The Morgan fingerprint density at radius 1 is 1.31 bits per heavy atom. The quantitative estimate of drug-likeness (QED) is 0.704. The smallest absolute Gasteiger partial charge is 0.0158 e. The number of nitrogens with zero attached hydrogens (tertiary/aromatic N) is 2. The summed E-state index contributed by atoms with van der Waals surface area (Å²) in [6.07, 6.45) is 4.01. The van der Waals surface area contributed by atoms with Crippen molar-refractivity contribution in [1.29, 1.82) is 0 Å². The molecule has 1 fully saturated rings. The lowest BCUT2D eigenvalue weighted by atomic mass is 10.2. The van der Waals surface area contributed by atoms with Crippen molar-refractivity contribution in [2.24, 2.45) is 0 Å². The normalized spacial score (nSPS) is 26.3. The molecule has 2 nitrogen and oxygen atoms in total. The molecule has 1 unspecified atom stereocenters. The van der Waals surface area contributed by atoms with Gasteiger partial charge in [-0.2, -0.15) is 0 Å². The van der Waals surface area contributed by atoms with E-state index in [0.717, 1.165) is 4.83 Å². The highest BCUT2D eigenvalue weighted by Gasteiger charge is 2.13. The van der Waals surface area contributed by atoms with Crippen molar-refractivity contribution in [1.82, 2.24) is 9.80 Å². The highest BCUT2D eigenvalue weighted by molar-refractivity contribution is 9.09. The number of hydrogen-bond acceptors (Lipinski definition) is 2. The summed E-state index contributed by atoms with van der Waals surface area (Å²) in [6.45, 7) is 4.97. The number of halogens is 1. The van der Waals surface area contributed by atoms with Crippen molar-refractivity contribution in [2.45, 2.75) is 24.1 Å². The number of hydrogen-bond donors (Lipinski definition) is 0. The Morgan fingerprint density at radius 3 is 2.77 bits per heavy atom. The van der Waals surface area contributed by atoms with E-state index in [4.69, 9.17) is 0 Å². The van der Waals surface area contributed by atoms with Gasteiger partial charge in [0.15, 0.2) is 0 Å². The fraction of sp³-hybridized carbons (Fsp3) is 1.00. The molecule has 0 aliphatic carbocycles. The number of alkyl halides is 1. The van der Waals surface area contributed by atoms with E-state index in [-0.39, 0.29) is 0 Å². The highest BCUT2D eigenvalue weighted by Crippen LogP contribution is 2.17. The first-order valence-electron chi connectivity index (χ1n) is 5.19. The van der Waals surface area contributed by atoms with Crippen LogP contribution in [-0.2, 0) is 0 Å². The minimum atomic E-state index is 0.761. The van der Waals surface area contributed by atoms with Crippen molar-refractivity contribution in [3.63, 3.8) is 0 Å². The summed E-state index contributed by atoms with van der Waals surface area (Å²) in [6, 6.07) is 0. The third-order valence-electron chi connectivity index (χ3n) is 2.61. The third kappa shape index (κ3) is 4.99. The molecular weight excluding hydrogens is 228 g/mol. The second-order valence-corrected chi connectivity index (χ2v) is 5.47. The van der Waals surface area contributed by atoms with Crippen molar-refractivity contribution in [3.8, 4) is 0 Å². The van der Waals surface area contributed by atoms with Gasteiger partial charge >= 0.3 is 0 Å². The molecule has 0 bridgehead atoms. The average Bonchev–Trinajstić information content (AvgIpc) is 2.27. The van der Waals surface area contributed by atoms with Gasteiger partial charge in [0, 0.05) is 17.9 Å². The standard InChI is InChI=1S/C10H21BrN2/c1-12(2)8-9-13-6-3-4-10(11)5-7-13/h10H,3-9H2,1-2H3. The van der Waals surface area contributed by atoms with Gasteiger partial charge in [0.05, 0.1) is 0 Å². The molecule has 3 heteroatoms. The lowest BCUT2D eigenvalue weighted by Gasteiger charge is -2.21. The van der Waals surface area contributed by atoms with Gasteiger partial charge in [0.1, 0.15) is 0 Å². The van der Waals surface area contributed by atoms with E-state index in [2.05, 4.69) is 39.8 Å². The van der Waals surface area contributed by atoms with E-state index in [9.17, 15) is 0 Å². The summed E-state index contributed by atoms with van der Waals surface area (Å²) < 4.78 is 0. The summed E-state index contributed by atoms with van der Waals surface area (Å²) in [5, 5.41) is 0. The van der Waals surface area contributed by atoms with Crippen LogP contribution in [0.3, 0.4) is 0 Å². The summed E-state index contributed by atoms with van der Waals surface area (Å²) >= 11 is 3.71. The van der Waals surface area contributed by atoms with Gasteiger partial charge in [0.25, 0.3) is 0 Å². The van der Waals surface area contributed by atoms with Crippen molar-refractivity contribution in [2.75, 3.05) is 40.3 Å². The lowest BCUT2D eigenvalue weighted by Crippen LogP contribution is -2.32. The van der Waals surface area contributed by atoms with Gasteiger partial charge in [-0.25, -0.2) is 0 Å². The molecule has 0 spiro atoms. The fourth-order valence-corrected chi connectivity index (χ4v) is 2.21. The van der Waals surface area contributed by atoms with E-state index in [1.807, 2.05) is 0 Å². The van der Waals surface area contributed by atoms with Crippen LogP contribution in [0.1, 0.15) is 19.3 Å². The molecule has 0 N–H and O–H groups in total. The Morgan fingerprint density at radius 2 is 2.08 bits per heavy atom. The molecule has 78 valence electrons. The van der Waals surface area contributed by atoms with E-state index in [0.29, 0.717) is 0 Å². The zero-order chi connectivity index (χ0) is 9.68. The zero-order valence-electron chi connectivity index (χ0n) is 8.80. The summed E-state index contributed by atoms with van der Waals surface area (Å²) in [7, 11) is 4.29. The highest BCUT2D eigenvalue weighted by atomic mass is 79.9. The second kappa shape index (κ2) is 5.99. The van der Waals surface area contributed by atoms with Crippen LogP contribution in [0.2, 0.25) is 0 Å². The van der Waals surface area contributed by atoms with E-state index < -0.39 is 0 Å². The van der Waals surface area contributed by atoms with Crippen LogP contribution >= 0.6 is 15.9 Å². The Hall–Kier alpha value is 0.400. The molecule has 1 aliphatic heterocycles. The molecule has 1 heterocycles. The first kappa shape index (κ1) is 11.5. The molecule has 0 saturated carbocycles. The van der Waals surface area contributed by atoms with Crippen molar-refractivity contribution >= 4 is 15.9 Å². The Labute approximate surface area is 90.4 Å². The summed E-state index contributed by atoms with van der Waals surface area (Å²) in [5.41, 5.74) is 0. The molecule has 0 aromatic carbocycles. The molecule has 0 aromatic heterocycles. The zero-order valence-corrected chi connectivity index (χ0v) is 10.4. The van der Waals surface area contributed by atoms with Crippen LogP contribution in [0.25, 0.3) is 0 Å². The fourth-order valence-electron chi connectivity index (χ4n) is 1.68. The van der Waals surface area contributed by atoms with Gasteiger partial charge < -0.3 is 9.80 Å². The van der Waals surface area contributed by atoms with Crippen LogP contribution in [0.4, 0.5) is 0 Å². The van der Waals surface area contributed by atoms with Gasteiger partial charge in [-0.15, -0.1) is 0 Å². The Kier molecular flexibility index (Phi) is 5.29. The lowest BCUT2D eigenvalue weighted by molar-refractivity contribution is 0.249. The first-order valence-corrected chi connectivity index (χ1v) is 6.11. The molecule has 1 atom stereocenters. The van der Waals surface area contributed by atoms with Gasteiger partial charge in [-0.05, 0) is 46.4 Å². The van der Waals surface area contributed by atoms with E-state index in [1.165, 1.54) is 45.4 Å². The van der Waals surface area contributed by atoms with Crippen LogP contribution in [0, 0.1) is 0 Å². The van der Waals surface area contributed by atoms with Crippen LogP contribution < -0.4 is 0 Å². The second-order valence-electron chi connectivity index (χ2n) is 4.17. The van der Waals surface area contributed by atoms with Crippen LogP contribution in [-0.4, -0.2) is 54.9 Å². The maximum Gasteiger partial charge on any atom is 0.0158 e. The summed E-state index contributed by atoms with van der Waals surface area (Å²) in [5.74, 6) is 0. The Bertz CT molecular complexity index is 139. The minimum Gasteiger partial charge on any atom is -0.308 e. The number of rotatable bonds is 3. The van der Waals surface area contributed by atoms with Crippen LogP contribution in [0.15, 0.2) is 0 Å². The minimum absolute atomic E-state index is 0.761. The number of likely N-dealkylation sites (N-methyl/N-ethyl adjacent to an activating group) is 1. The molecule has 0 radical (unpaired) electrons. The molecule has 1 rings (SSSR count). The Balaban J connectivity index is 2.18. The SMILES string of the molecule is CN(C)CCN1CCCC(Br)CC1. The predicted molar refractivity (Wildman–Crippen MR) is 61.6 cm³/mol. The maximum absolute atomic E-state index is 3.71. The monoisotopic (exact) mass is 248 g/mol. The third-order valence-corrected chi connectivity index (χ3v) is 3.53. The molecule has 0 amide bonds. The van der Waals surface area contributed by atoms with Gasteiger partial charge in [0.2, 0.25) is 0 Å². The van der Waals surface area contributed by atoms with Gasteiger partial charge in [-0.1, -0.05) is 15.9 Å². The van der Waals surface area contributed by atoms with Gasteiger partial charge in [-0.3, -0.25) is 0 Å². The molecule has 0 aromatic rings. The molecule has 1 saturated heterocycles. The topological polar surface area (TPSA) is 6.48 Å². The molecule has 1 aliphatic rings. The largest absolute Gasteiger partial charge is 0.308 e. The van der Waals surface area contributed by atoms with Crippen molar-refractivity contribution < 1.29 is 0 Å². The predicted octanol–water partition coefficient (Wildman–Crippen LogP) is 1.80. The van der Waals surface area contributed by atoms with E-state index in [1.54, 1.807) is 0 Å². The maximum atomic E-state index is 3.71. The summed E-state index contributed by atoms with van der Waals surface area (Å²) in [4.78, 5) is 5.61. The molecule has 13 heavy (non-hydrogen) atoms. The van der Waals surface area contributed by atoms with Crippen molar-refractivity contribution in [3.05, 3.63) is 0 Å².